The number of fused-ring (bicyclic) bond motifs is 1. The number of rotatable bonds is 5. The van der Waals surface area contributed by atoms with E-state index in [2.05, 4.69) is 10.3 Å². The number of benzene rings is 1. The number of carbonyl (C=O) groups excluding carboxylic acids is 1. The van der Waals surface area contributed by atoms with E-state index in [4.69, 9.17) is 0 Å². The van der Waals surface area contributed by atoms with Crippen LogP contribution in [0.15, 0.2) is 18.2 Å². The fraction of sp³-hybridized carbons (Fsp3) is 0.375. The Morgan fingerprint density at radius 3 is 2.77 bits per heavy atom. The summed E-state index contributed by atoms with van der Waals surface area (Å²) in [5.74, 6) is -1.63. The molecule has 1 aliphatic rings. The number of hydrogen-bond acceptors (Lipinski definition) is 2. The first-order chi connectivity index (χ1) is 10.5. The van der Waals surface area contributed by atoms with E-state index in [1.54, 1.807) is 12.1 Å². The number of carboxylic acids is 1. The number of amides is 1. The van der Waals surface area contributed by atoms with Crippen LogP contribution in [0.4, 0.5) is 4.39 Å². The summed E-state index contributed by atoms with van der Waals surface area (Å²) in [7, 11) is 0. The SMILES string of the molecule is Cc1ccc(F)c2[nH]c(C(=O)NC(CC3CC3)C(=O)O)cc12. The summed E-state index contributed by atoms with van der Waals surface area (Å²) in [5, 5.41) is 12.3. The Balaban J connectivity index is 1.83. The van der Waals surface area contributed by atoms with Crippen molar-refractivity contribution in [2.45, 2.75) is 32.2 Å². The summed E-state index contributed by atoms with van der Waals surface area (Å²) in [4.78, 5) is 26.2. The number of aromatic amines is 1. The molecule has 116 valence electrons. The molecule has 1 unspecified atom stereocenters. The lowest BCUT2D eigenvalue weighted by atomic mass is 10.1. The summed E-state index contributed by atoms with van der Waals surface area (Å²) in [6.45, 7) is 1.82. The van der Waals surface area contributed by atoms with Gasteiger partial charge in [0.15, 0.2) is 0 Å². The van der Waals surface area contributed by atoms with E-state index in [0.29, 0.717) is 17.7 Å². The monoisotopic (exact) mass is 304 g/mol. The first-order valence-corrected chi connectivity index (χ1v) is 7.27. The molecule has 1 aliphatic carbocycles. The van der Waals surface area contributed by atoms with Crippen molar-refractivity contribution < 1.29 is 19.1 Å². The fourth-order valence-corrected chi connectivity index (χ4v) is 2.59. The molecule has 1 atom stereocenters. The highest BCUT2D eigenvalue weighted by Gasteiger charge is 2.30. The molecule has 3 N–H and O–H groups in total. The van der Waals surface area contributed by atoms with E-state index in [0.717, 1.165) is 18.4 Å². The van der Waals surface area contributed by atoms with Crippen LogP contribution in [0.2, 0.25) is 0 Å². The van der Waals surface area contributed by atoms with Gasteiger partial charge >= 0.3 is 5.97 Å². The Hall–Kier alpha value is -2.37. The van der Waals surface area contributed by atoms with E-state index >= 15 is 0 Å². The minimum absolute atomic E-state index is 0.172. The van der Waals surface area contributed by atoms with Gasteiger partial charge in [-0.05, 0) is 37.0 Å². The zero-order valence-electron chi connectivity index (χ0n) is 12.1. The van der Waals surface area contributed by atoms with Gasteiger partial charge in [-0.3, -0.25) is 4.79 Å². The van der Waals surface area contributed by atoms with Crippen molar-refractivity contribution in [2.24, 2.45) is 5.92 Å². The largest absolute Gasteiger partial charge is 0.480 e. The maximum atomic E-state index is 13.8. The van der Waals surface area contributed by atoms with Crippen LogP contribution in [0.25, 0.3) is 10.9 Å². The van der Waals surface area contributed by atoms with Crippen molar-refractivity contribution in [1.82, 2.24) is 10.3 Å². The third-order valence-corrected chi connectivity index (χ3v) is 4.08. The predicted octanol–water partition coefficient (Wildman–Crippen LogP) is 2.60. The van der Waals surface area contributed by atoms with Crippen molar-refractivity contribution in [2.75, 3.05) is 0 Å². The highest BCUT2D eigenvalue weighted by molar-refractivity contribution is 6.00. The molecule has 1 saturated carbocycles. The minimum atomic E-state index is -1.04. The Labute approximate surface area is 126 Å². The molecule has 22 heavy (non-hydrogen) atoms. The minimum Gasteiger partial charge on any atom is -0.480 e. The molecule has 0 aliphatic heterocycles. The van der Waals surface area contributed by atoms with Gasteiger partial charge in [0.1, 0.15) is 17.6 Å². The Bertz CT molecular complexity index is 710. The van der Waals surface area contributed by atoms with Gasteiger partial charge in [-0.15, -0.1) is 0 Å². The van der Waals surface area contributed by atoms with Crippen LogP contribution >= 0.6 is 0 Å². The molecule has 0 radical (unpaired) electrons. The topological polar surface area (TPSA) is 82.2 Å². The smallest absolute Gasteiger partial charge is 0.326 e. The highest BCUT2D eigenvalue weighted by atomic mass is 19.1. The van der Waals surface area contributed by atoms with Crippen molar-refractivity contribution in [3.8, 4) is 0 Å². The molecule has 6 heteroatoms. The molecule has 0 bridgehead atoms. The molecule has 2 aromatic rings. The Morgan fingerprint density at radius 1 is 1.45 bits per heavy atom. The summed E-state index contributed by atoms with van der Waals surface area (Å²) in [6, 6.07) is 3.62. The molecule has 1 amide bonds. The first kappa shape index (κ1) is 14.6. The summed E-state index contributed by atoms with van der Waals surface area (Å²) in [6.07, 6.45) is 2.46. The summed E-state index contributed by atoms with van der Waals surface area (Å²) in [5.41, 5.74) is 1.28. The van der Waals surface area contributed by atoms with Gasteiger partial charge in [-0.1, -0.05) is 18.9 Å². The third-order valence-electron chi connectivity index (χ3n) is 4.08. The molecule has 1 aromatic heterocycles. The molecule has 1 heterocycles. The standard InChI is InChI=1S/C16H17FN2O3/c1-8-2-5-11(17)14-10(8)7-12(18-14)15(20)19-13(16(21)22)6-9-3-4-9/h2,5,7,9,13,18H,3-4,6H2,1H3,(H,19,20)(H,21,22). The van der Waals surface area contributed by atoms with Crippen LogP contribution in [0.3, 0.4) is 0 Å². The number of halogens is 1. The number of hydrogen-bond donors (Lipinski definition) is 3. The maximum Gasteiger partial charge on any atom is 0.326 e. The van der Waals surface area contributed by atoms with E-state index in [1.165, 1.54) is 6.07 Å². The molecule has 3 rings (SSSR count). The van der Waals surface area contributed by atoms with E-state index < -0.39 is 23.7 Å². The third kappa shape index (κ3) is 2.81. The van der Waals surface area contributed by atoms with Crippen molar-refractivity contribution >= 4 is 22.8 Å². The van der Waals surface area contributed by atoms with Gasteiger partial charge in [-0.25, -0.2) is 9.18 Å². The average Bonchev–Trinajstić information content (AvgIpc) is 3.16. The van der Waals surface area contributed by atoms with Crippen LogP contribution in [0.1, 0.15) is 35.3 Å². The fourth-order valence-electron chi connectivity index (χ4n) is 2.59. The van der Waals surface area contributed by atoms with Crippen LogP contribution in [0, 0.1) is 18.7 Å². The number of H-pyrrole nitrogens is 1. The Morgan fingerprint density at radius 2 is 2.18 bits per heavy atom. The predicted molar refractivity (Wildman–Crippen MR) is 79.2 cm³/mol. The van der Waals surface area contributed by atoms with Gasteiger partial charge in [0.2, 0.25) is 0 Å². The highest BCUT2D eigenvalue weighted by Crippen LogP contribution is 2.33. The lowest BCUT2D eigenvalue weighted by Gasteiger charge is -2.13. The molecule has 0 saturated heterocycles. The number of carbonyl (C=O) groups is 2. The molecule has 1 aromatic carbocycles. The molecule has 5 nitrogen and oxygen atoms in total. The van der Waals surface area contributed by atoms with Gasteiger partial charge in [0, 0.05) is 5.39 Å². The van der Waals surface area contributed by atoms with Crippen LogP contribution in [0.5, 0.6) is 0 Å². The van der Waals surface area contributed by atoms with E-state index in [1.807, 2.05) is 6.92 Å². The van der Waals surface area contributed by atoms with Crippen LogP contribution in [-0.4, -0.2) is 28.0 Å². The zero-order chi connectivity index (χ0) is 15.9. The van der Waals surface area contributed by atoms with Crippen molar-refractivity contribution in [3.63, 3.8) is 0 Å². The second kappa shape index (κ2) is 5.44. The maximum absolute atomic E-state index is 13.8. The van der Waals surface area contributed by atoms with Gasteiger partial charge in [0.25, 0.3) is 5.91 Å². The number of nitrogens with one attached hydrogen (secondary N) is 2. The summed E-state index contributed by atoms with van der Waals surface area (Å²) < 4.78 is 13.8. The lowest BCUT2D eigenvalue weighted by molar-refractivity contribution is -0.139. The zero-order valence-corrected chi connectivity index (χ0v) is 12.1. The normalized spacial score (nSPS) is 15.7. The average molecular weight is 304 g/mol. The van der Waals surface area contributed by atoms with E-state index in [-0.39, 0.29) is 11.2 Å². The summed E-state index contributed by atoms with van der Waals surface area (Å²) >= 11 is 0. The number of aromatic nitrogens is 1. The molecular formula is C16H17FN2O3. The Kier molecular flexibility index (Phi) is 3.60. The van der Waals surface area contributed by atoms with Crippen LogP contribution in [-0.2, 0) is 4.79 Å². The van der Waals surface area contributed by atoms with Gasteiger partial charge in [0.05, 0.1) is 5.52 Å². The van der Waals surface area contributed by atoms with Gasteiger partial charge in [-0.2, -0.15) is 0 Å². The van der Waals surface area contributed by atoms with Gasteiger partial charge < -0.3 is 15.4 Å². The molecule has 1 fully saturated rings. The van der Waals surface area contributed by atoms with E-state index in [9.17, 15) is 19.1 Å². The number of aryl methyl sites for hydroxylation is 1. The first-order valence-electron chi connectivity index (χ1n) is 7.27. The molecule has 0 spiro atoms. The second-order valence-electron chi connectivity index (χ2n) is 5.88. The van der Waals surface area contributed by atoms with Crippen molar-refractivity contribution in [1.29, 1.82) is 0 Å². The second-order valence-corrected chi connectivity index (χ2v) is 5.88. The van der Waals surface area contributed by atoms with Crippen LogP contribution < -0.4 is 5.32 Å². The number of aliphatic carboxylic acids is 1. The van der Waals surface area contributed by atoms with Crippen molar-refractivity contribution in [3.05, 3.63) is 35.3 Å². The quantitative estimate of drug-likeness (QED) is 0.794. The lowest BCUT2D eigenvalue weighted by Crippen LogP contribution is -2.41. The molecular weight excluding hydrogens is 287 g/mol. The number of carboxylic acid groups (broad SMARTS) is 1.